The molecule has 1 heterocycles. The molecule has 0 bridgehead atoms. The normalized spacial score (nSPS) is 11.8. The molecule has 0 spiro atoms. The van der Waals surface area contributed by atoms with Gasteiger partial charge in [0, 0.05) is 12.2 Å². The van der Waals surface area contributed by atoms with Gasteiger partial charge in [-0.05, 0) is 61.7 Å². The van der Waals surface area contributed by atoms with Gasteiger partial charge in [0.25, 0.3) is 5.56 Å². The van der Waals surface area contributed by atoms with Crippen molar-refractivity contribution in [1.29, 1.82) is 0 Å². The standard InChI is InChI=1S/C33H32N4O2/c1-4-30(36(22-25-13-6-5-7-14-25)33(39)35-28-16-10-8-12-24(28)3)31-34-29-17-11-9-15-27(29)32(38)37(31)26-20-18-23(2)19-21-26/h5-21,30H,4,22H2,1-3H3,(H,35,39). The van der Waals surface area contributed by atoms with E-state index in [9.17, 15) is 9.59 Å². The molecule has 1 unspecified atom stereocenters. The fraction of sp³-hybridized carbons (Fsp3) is 0.182. The summed E-state index contributed by atoms with van der Waals surface area (Å²) in [7, 11) is 0. The number of urea groups is 1. The molecule has 1 aromatic heterocycles. The van der Waals surface area contributed by atoms with Crippen molar-refractivity contribution in [2.24, 2.45) is 0 Å². The Morgan fingerprint density at radius 1 is 0.872 bits per heavy atom. The largest absolute Gasteiger partial charge is 0.322 e. The number of aromatic nitrogens is 2. The van der Waals surface area contributed by atoms with Crippen molar-refractivity contribution in [3.63, 3.8) is 0 Å². The maximum absolute atomic E-state index is 14.0. The van der Waals surface area contributed by atoms with E-state index in [-0.39, 0.29) is 11.6 Å². The number of hydrogen-bond acceptors (Lipinski definition) is 3. The molecule has 1 N–H and O–H groups in total. The first-order valence-corrected chi connectivity index (χ1v) is 13.2. The highest BCUT2D eigenvalue weighted by Crippen LogP contribution is 2.29. The van der Waals surface area contributed by atoms with Crippen molar-refractivity contribution in [1.82, 2.24) is 14.5 Å². The molecular weight excluding hydrogens is 484 g/mol. The van der Waals surface area contributed by atoms with E-state index in [2.05, 4.69) is 5.32 Å². The van der Waals surface area contributed by atoms with Gasteiger partial charge in [-0.25, -0.2) is 9.78 Å². The molecule has 0 fully saturated rings. The lowest BCUT2D eigenvalue weighted by Crippen LogP contribution is -2.40. The van der Waals surface area contributed by atoms with Crippen LogP contribution in [0.2, 0.25) is 0 Å². The lowest BCUT2D eigenvalue weighted by atomic mass is 10.1. The zero-order valence-corrected chi connectivity index (χ0v) is 22.5. The van der Waals surface area contributed by atoms with Gasteiger partial charge in [0.2, 0.25) is 0 Å². The van der Waals surface area contributed by atoms with Gasteiger partial charge >= 0.3 is 6.03 Å². The van der Waals surface area contributed by atoms with E-state index in [0.717, 1.165) is 28.1 Å². The van der Waals surface area contributed by atoms with Gasteiger partial charge in [-0.1, -0.05) is 85.3 Å². The fourth-order valence-corrected chi connectivity index (χ4v) is 4.86. The lowest BCUT2D eigenvalue weighted by Gasteiger charge is -2.32. The maximum Gasteiger partial charge on any atom is 0.322 e. The van der Waals surface area contributed by atoms with Crippen LogP contribution in [0, 0.1) is 13.8 Å². The van der Waals surface area contributed by atoms with Crippen LogP contribution in [-0.2, 0) is 6.54 Å². The molecule has 0 saturated carbocycles. The van der Waals surface area contributed by atoms with Crippen LogP contribution in [0.5, 0.6) is 0 Å². The highest BCUT2D eigenvalue weighted by atomic mass is 16.2. The molecule has 1 atom stereocenters. The van der Waals surface area contributed by atoms with Crippen LogP contribution in [0.4, 0.5) is 10.5 Å². The molecule has 0 radical (unpaired) electrons. The maximum atomic E-state index is 14.0. The van der Waals surface area contributed by atoms with Crippen LogP contribution < -0.4 is 10.9 Å². The predicted octanol–water partition coefficient (Wildman–Crippen LogP) is 7.19. The second-order valence-corrected chi connectivity index (χ2v) is 9.75. The first kappa shape index (κ1) is 25.9. The van der Waals surface area contributed by atoms with Gasteiger partial charge < -0.3 is 10.2 Å². The first-order valence-electron chi connectivity index (χ1n) is 13.2. The average molecular weight is 517 g/mol. The number of rotatable bonds is 7. The summed E-state index contributed by atoms with van der Waals surface area (Å²) in [6, 6.07) is 32.1. The van der Waals surface area contributed by atoms with E-state index in [1.165, 1.54) is 0 Å². The fourth-order valence-electron chi connectivity index (χ4n) is 4.86. The van der Waals surface area contributed by atoms with Gasteiger partial charge in [-0.15, -0.1) is 0 Å². The summed E-state index contributed by atoms with van der Waals surface area (Å²) < 4.78 is 1.66. The van der Waals surface area contributed by atoms with Gasteiger partial charge in [0.15, 0.2) is 0 Å². The van der Waals surface area contributed by atoms with Gasteiger partial charge in [-0.2, -0.15) is 0 Å². The molecule has 0 saturated heterocycles. The van der Waals surface area contributed by atoms with Gasteiger partial charge in [0.1, 0.15) is 5.82 Å². The van der Waals surface area contributed by atoms with Crippen molar-refractivity contribution >= 4 is 22.6 Å². The Bertz CT molecular complexity index is 1660. The highest BCUT2D eigenvalue weighted by molar-refractivity contribution is 5.90. The van der Waals surface area contributed by atoms with Gasteiger partial charge in [0.05, 0.1) is 22.6 Å². The first-order chi connectivity index (χ1) is 19.0. The number of hydrogen-bond donors (Lipinski definition) is 1. The number of aryl methyl sites for hydroxylation is 2. The monoisotopic (exact) mass is 516 g/mol. The zero-order valence-electron chi connectivity index (χ0n) is 22.5. The third-order valence-electron chi connectivity index (χ3n) is 7.00. The number of para-hydroxylation sites is 2. The Hall–Kier alpha value is -4.71. The number of nitrogens with one attached hydrogen (secondary N) is 1. The Morgan fingerprint density at radius 2 is 1.54 bits per heavy atom. The number of fused-ring (bicyclic) bond motifs is 1. The number of carbonyl (C=O) groups is 1. The summed E-state index contributed by atoms with van der Waals surface area (Å²) in [6.45, 7) is 6.35. The SMILES string of the molecule is CCC(c1nc2ccccc2c(=O)n1-c1ccc(C)cc1)N(Cc1ccccc1)C(=O)Nc1ccccc1C. The van der Waals surface area contributed by atoms with Crippen molar-refractivity contribution in [2.45, 2.75) is 39.8 Å². The van der Waals surface area contributed by atoms with Crippen molar-refractivity contribution in [2.75, 3.05) is 5.32 Å². The molecular formula is C33H32N4O2. The predicted molar refractivity (Wildman–Crippen MR) is 157 cm³/mol. The minimum Gasteiger partial charge on any atom is -0.310 e. The molecule has 2 amide bonds. The van der Waals surface area contributed by atoms with Crippen LogP contribution in [0.1, 0.15) is 41.9 Å². The second kappa shape index (κ2) is 11.4. The van der Waals surface area contributed by atoms with E-state index >= 15 is 0 Å². The van der Waals surface area contributed by atoms with E-state index < -0.39 is 6.04 Å². The molecule has 6 heteroatoms. The molecule has 6 nitrogen and oxygen atoms in total. The number of anilines is 1. The third-order valence-corrected chi connectivity index (χ3v) is 7.00. The van der Waals surface area contributed by atoms with Crippen LogP contribution >= 0.6 is 0 Å². The van der Waals surface area contributed by atoms with E-state index in [0.29, 0.717) is 29.7 Å². The second-order valence-electron chi connectivity index (χ2n) is 9.75. The van der Waals surface area contributed by atoms with E-state index in [1.807, 2.05) is 118 Å². The Balaban J connectivity index is 1.68. The zero-order chi connectivity index (χ0) is 27.4. The molecule has 4 aromatic carbocycles. The summed E-state index contributed by atoms with van der Waals surface area (Å²) in [5.41, 5.74) is 4.97. The molecule has 0 aliphatic heterocycles. The van der Waals surface area contributed by atoms with Crippen molar-refractivity contribution in [3.05, 3.63) is 136 Å². The van der Waals surface area contributed by atoms with E-state index in [4.69, 9.17) is 4.98 Å². The summed E-state index contributed by atoms with van der Waals surface area (Å²) in [4.78, 5) is 34.7. The topological polar surface area (TPSA) is 67.2 Å². The third kappa shape index (κ3) is 5.46. The van der Waals surface area contributed by atoms with Crippen LogP contribution in [0.3, 0.4) is 0 Å². The summed E-state index contributed by atoms with van der Waals surface area (Å²) in [6.07, 6.45) is 0.560. The molecule has 5 rings (SSSR count). The number of carbonyl (C=O) groups excluding carboxylic acids is 1. The van der Waals surface area contributed by atoms with E-state index in [1.54, 1.807) is 15.5 Å². The van der Waals surface area contributed by atoms with Crippen LogP contribution in [0.15, 0.2) is 108 Å². The Kier molecular flexibility index (Phi) is 7.55. The van der Waals surface area contributed by atoms with Crippen LogP contribution in [0.25, 0.3) is 16.6 Å². The Morgan fingerprint density at radius 3 is 2.26 bits per heavy atom. The number of benzene rings is 4. The summed E-state index contributed by atoms with van der Waals surface area (Å²) in [5.74, 6) is 0.529. The molecule has 196 valence electrons. The summed E-state index contributed by atoms with van der Waals surface area (Å²) in [5, 5.41) is 3.64. The lowest BCUT2D eigenvalue weighted by molar-refractivity contribution is 0.177. The average Bonchev–Trinajstić information content (AvgIpc) is 2.95. The molecule has 5 aromatic rings. The summed E-state index contributed by atoms with van der Waals surface area (Å²) >= 11 is 0. The number of amides is 2. The quantitative estimate of drug-likeness (QED) is 0.249. The molecule has 0 aliphatic rings. The minimum absolute atomic E-state index is 0.156. The molecule has 0 aliphatic carbocycles. The van der Waals surface area contributed by atoms with Crippen LogP contribution in [-0.4, -0.2) is 20.5 Å². The minimum atomic E-state index is -0.479. The highest BCUT2D eigenvalue weighted by Gasteiger charge is 2.29. The smallest absolute Gasteiger partial charge is 0.310 e. The Labute approximate surface area is 228 Å². The van der Waals surface area contributed by atoms with Crippen molar-refractivity contribution < 1.29 is 4.79 Å². The van der Waals surface area contributed by atoms with Crippen molar-refractivity contribution in [3.8, 4) is 5.69 Å². The van der Waals surface area contributed by atoms with Gasteiger partial charge in [-0.3, -0.25) is 9.36 Å². The molecule has 39 heavy (non-hydrogen) atoms. The number of nitrogens with zero attached hydrogens (tertiary/aromatic N) is 3.